The Morgan fingerprint density at radius 1 is 1.29 bits per heavy atom. The summed E-state index contributed by atoms with van der Waals surface area (Å²) in [5, 5.41) is 8.74. The zero-order valence-corrected chi connectivity index (χ0v) is 16.3. The molecule has 0 saturated carbocycles. The highest BCUT2D eigenvalue weighted by atomic mass is 32.2. The van der Waals surface area contributed by atoms with Crippen molar-refractivity contribution in [3.63, 3.8) is 0 Å². The number of rotatable bonds is 6. The van der Waals surface area contributed by atoms with Crippen molar-refractivity contribution in [2.24, 2.45) is 0 Å². The van der Waals surface area contributed by atoms with Gasteiger partial charge in [-0.2, -0.15) is 0 Å². The smallest absolute Gasteiger partial charge is 0.293 e. The number of piperidine rings is 1. The number of aliphatic hydroxyl groups excluding tert-OH is 1. The minimum Gasteiger partial charge on any atom is -0.396 e. The van der Waals surface area contributed by atoms with Crippen LogP contribution >= 0.6 is 11.8 Å². The lowest BCUT2D eigenvalue weighted by molar-refractivity contribution is -0.135. The molecule has 150 valence electrons. The Balaban J connectivity index is 1.63. The molecule has 1 atom stereocenters. The van der Waals surface area contributed by atoms with Crippen molar-refractivity contribution in [1.82, 2.24) is 9.80 Å². The highest BCUT2D eigenvalue weighted by Gasteiger charge is 2.36. The van der Waals surface area contributed by atoms with Gasteiger partial charge in [0.05, 0.1) is 4.91 Å². The molecule has 0 aromatic heterocycles. The minimum absolute atomic E-state index is 0.000453. The number of hydrogen-bond acceptors (Lipinski definition) is 5. The average molecular weight is 406 g/mol. The fraction of sp³-hybridized carbons (Fsp3) is 0.450. The van der Waals surface area contributed by atoms with E-state index >= 15 is 0 Å². The van der Waals surface area contributed by atoms with Crippen LogP contribution in [0, 0.1) is 5.82 Å². The second-order valence-electron chi connectivity index (χ2n) is 6.85. The van der Waals surface area contributed by atoms with Gasteiger partial charge in [0.1, 0.15) is 5.82 Å². The molecule has 0 unspecified atom stereocenters. The third-order valence-electron chi connectivity index (χ3n) is 5.02. The van der Waals surface area contributed by atoms with Gasteiger partial charge in [-0.15, -0.1) is 0 Å². The fourth-order valence-corrected chi connectivity index (χ4v) is 4.41. The van der Waals surface area contributed by atoms with Crippen LogP contribution in [0.5, 0.6) is 0 Å². The number of halogens is 1. The van der Waals surface area contributed by atoms with Gasteiger partial charge in [-0.3, -0.25) is 19.3 Å². The molecule has 6 nitrogen and oxygen atoms in total. The number of carbonyl (C=O) groups excluding carboxylic acids is 3. The van der Waals surface area contributed by atoms with Crippen molar-refractivity contribution >= 4 is 34.9 Å². The summed E-state index contributed by atoms with van der Waals surface area (Å²) in [5.41, 5.74) is 0.240. The SMILES string of the molecule is O=C1S/C(=C\c2ccccc2F)C(=O)N1CCC(=O)N1CCCC[C@H]1CCO. The largest absolute Gasteiger partial charge is 0.396 e. The van der Waals surface area contributed by atoms with Gasteiger partial charge in [0.2, 0.25) is 5.91 Å². The van der Waals surface area contributed by atoms with Crippen LogP contribution in [0.4, 0.5) is 9.18 Å². The van der Waals surface area contributed by atoms with E-state index in [1.165, 1.54) is 18.2 Å². The van der Waals surface area contributed by atoms with Gasteiger partial charge in [-0.1, -0.05) is 18.2 Å². The molecular formula is C20H23FN2O4S. The first kappa shape index (κ1) is 20.5. The summed E-state index contributed by atoms with van der Waals surface area (Å²) in [6.45, 7) is 0.664. The number of nitrogens with zero attached hydrogens (tertiary/aromatic N) is 2. The van der Waals surface area contributed by atoms with Gasteiger partial charge in [-0.05, 0) is 49.6 Å². The number of hydrogen-bond donors (Lipinski definition) is 1. The van der Waals surface area contributed by atoms with Crippen LogP contribution in [-0.2, 0) is 9.59 Å². The molecule has 2 heterocycles. The van der Waals surface area contributed by atoms with Gasteiger partial charge in [0.15, 0.2) is 0 Å². The fourth-order valence-electron chi connectivity index (χ4n) is 3.56. The molecule has 1 N–H and O–H groups in total. The molecule has 3 amide bonds. The van der Waals surface area contributed by atoms with Crippen molar-refractivity contribution in [2.75, 3.05) is 19.7 Å². The van der Waals surface area contributed by atoms with Crippen LogP contribution in [0.2, 0.25) is 0 Å². The molecule has 2 fully saturated rings. The highest BCUT2D eigenvalue weighted by molar-refractivity contribution is 8.18. The van der Waals surface area contributed by atoms with Gasteiger partial charge in [0.25, 0.3) is 11.1 Å². The van der Waals surface area contributed by atoms with Crippen LogP contribution in [-0.4, -0.2) is 57.7 Å². The molecule has 28 heavy (non-hydrogen) atoms. The minimum atomic E-state index is -0.503. The summed E-state index contributed by atoms with van der Waals surface area (Å²) in [5.74, 6) is -1.09. The first-order valence-electron chi connectivity index (χ1n) is 9.41. The van der Waals surface area contributed by atoms with E-state index in [0.717, 1.165) is 35.9 Å². The molecule has 2 aliphatic rings. The summed E-state index contributed by atoms with van der Waals surface area (Å²) >= 11 is 0.755. The lowest BCUT2D eigenvalue weighted by Gasteiger charge is -2.36. The molecule has 3 rings (SSSR count). The topological polar surface area (TPSA) is 77.9 Å². The Hall–Kier alpha value is -2.19. The Morgan fingerprint density at radius 2 is 2.07 bits per heavy atom. The highest BCUT2D eigenvalue weighted by Crippen LogP contribution is 2.33. The maximum absolute atomic E-state index is 13.8. The number of amides is 3. The maximum atomic E-state index is 13.8. The number of benzene rings is 1. The van der Waals surface area contributed by atoms with E-state index in [1.807, 2.05) is 0 Å². The Labute approximate surface area is 167 Å². The molecule has 0 spiro atoms. The van der Waals surface area contributed by atoms with Crippen LogP contribution in [0.15, 0.2) is 29.2 Å². The number of thioether (sulfide) groups is 1. The summed E-state index contributed by atoms with van der Waals surface area (Å²) in [6, 6.07) is 6.04. The zero-order chi connectivity index (χ0) is 20.1. The van der Waals surface area contributed by atoms with Crippen molar-refractivity contribution in [2.45, 2.75) is 38.1 Å². The van der Waals surface area contributed by atoms with E-state index < -0.39 is 17.0 Å². The molecule has 0 radical (unpaired) electrons. The van der Waals surface area contributed by atoms with Crippen LogP contribution in [0.3, 0.4) is 0 Å². The van der Waals surface area contributed by atoms with Gasteiger partial charge >= 0.3 is 0 Å². The number of likely N-dealkylation sites (tertiary alicyclic amines) is 1. The molecule has 8 heteroatoms. The first-order chi connectivity index (χ1) is 13.5. The molecule has 0 aliphatic carbocycles. The second-order valence-corrected chi connectivity index (χ2v) is 7.85. The third kappa shape index (κ3) is 4.62. The average Bonchev–Trinajstić information content (AvgIpc) is 2.95. The third-order valence-corrected chi connectivity index (χ3v) is 5.93. The summed E-state index contributed by atoms with van der Waals surface area (Å²) < 4.78 is 13.8. The predicted octanol–water partition coefficient (Wildman–Crippen LogP) is 3.02. The van der Waals surface area contributed by atoms with Crippen molar-refractivity contribution in [3.8, 4) is 0 Å². The monoisotopic (exact) mass is 406 g/mol. The summed E-state index contributed by atoms with van der Waals surface area (Å²) in [7, 11) is 0. The van der Waals surface area contributed by atoms with Gasteiger partial charge in [-0.25, -0.2) is 4.39 Å². The summed E-state index contributed by atoms with van der Waals surface area (Å²) in [6.07, 6.45) is 4.76. The quantitative estimate of drug-likeness (QED) is 0.735. The zero-order valence-electron chi connectivity index (χ0n) is 15.5. The van der Waals surface area contributed by atoms with Crippen LogP contribution < -0.4 is 0 Å². The molecule has 1 aromatic rings. The normalized spacial score (nSPS) is 21.6. The molecule has 1 aromatic carbocycles. The van der Waals surface area contributed by atoms with E-state index in [1.54, 1.807) is 17.0 Å². The lowest BCUT2D eigenvalue weighted by atomic mass is 9.99. The number of imide groups is 1. The van der Waals surface area contributed by atoms with E-state index in [0.29, 0.717) is 13.0 Å². The first-order valence-corrected chi connectivity index (χ1v) is 10.2. The van der Waals surface area contributed by atoms with Gasteiger partial charge in [0, 0.05) is 37.7 Å². The number of carbonyl (C=O) groups is 3. The summed E-state index contributed by atoms with van der Waals surface area (Å²) in [4.78, 5) is 40.3. The Kier molecular flexibility index (Phi) is 6.85. The second kappa shape index (κ2) is 9.34. The Bertz CT molecular complexity index is 796. The maximum Gasteiger partial charge on any atom is 0.293 e. The lowest BCUT2D eigenvalue weighted by Crippen LogP contribution is -2.45. The predicted molar refractivity (Wildman–Crippen MR) is 105 cm³/mol. The van der Waals surface area contributed by atoms with Crippen molar-refractivity contribution < 1.29 is 23.9 Å². The molecular weight excluding hydrogens is 383 g/mol. The van der Waals surface area contributed by atoms with E-state index in [2.05, 4.69) is 0 Å². The van der Waals surface area contributed by atoms with Crippen molar-refractivity contribution in [3.05, 3.63) is 40.6 Å². The van der Waals surface area contributed by atoms with E-state index in [4.69, 9.17) is 0 Å². The van der Waals surface area contributed by atoms with Gasteiger partial charge < -0.3 is 10.0 Å². The van der Waals surface area contributed by atoms with Crippen LogP contribution in [0.25, 0.3) is 6.08 Å². The van der Waals surface area contributed by atoms with Crippen molar-refractivity contribution in [1.29, 1.82) is 0 Å². The Morgan fingerprint density at radius 3 is 2.82 bits per heavy atom. The number of aliphatic hydroxyl groups is 1. The molecule has 2 aliphatic heterocycles. The standard InChI is InChI=1S/C20H23FN2O4S/c21-16-7-2-1-5-14(16)13-17-19(26)23(20(27)28-17)11-8-18(25)22-10-4-3-6-15(22)9-12-24/h1-2,5,7,13,15,24H,3-4,6,8-12H2/b17-13-/t15-/m0/s1. The molecule has 0 bridgehead atoms. The molecule has 2 saturated heterocycles. The van der Waals surface area contributed by atoms with E-state index in [-0.39, 0.29) is 42.0 Å². The van der Waals surface area contributed by atoms with Crippen LogP contribution in [0.1, 0.15) is 37.7 Å². The van der Waals surface area contributed by atoms with E-state index in [9.17, 15) is 23.9 Å².